The Hall–Kier alpha value is -0.610. The molecule has 0 bridgehead atoms. The third kappa shape index (κ3) is 1.66. The summed E-state index contributed by atoms with van der Waals surface area (Å²) in [5, 5.41) is 8.92. The van der Waals surface area contributed by atoms with Gasteiger partial charge in [0.15, 0.2) is 6.10 Å². The molecule has 1 aliphatic heterocycles. The Kier molecular flexibility index (Phi) is 2.21. The number of hydrogen-bond donors (Lipinski definition) is 1. The van der Waals surface area contributed by atoms with E-state index in [0.29, 0.717) is 19.2 Å². The van der Waals surface area contributed by atoms with Gasteiger partial charge in [-0.1, -0.05) is 0 Å². The molecule has 2 saturated carbocycles. The van der Waals surface area contributed by atoms with Gasteiger partial charge in [-0.15, -0.1) is 0 Å². The quantitative estimate of drug-likeness (QED) is 0.725. The summed E-state index contributed by atoms with van der Waals surface area (Å²) in [5.74, 6) is 1.02. The third-order valence-electron chi connectivity index (χ3n) is 4.15. The predicted octanol–water partition coefficient (Wildman–Crippen LogP) is 0.570. The minimum atomic E-state index is -0.815. The Bertz CT molecular complexity index is 281. The zero-order chi connectivity index (χ0) is 10.4. The number of nitrogens with zero attached hydrogens (tertiary/aromatic N) is 1. The number of aliphatic carboxylic acids is 1. The lowest BCUT2D eigenvalue weighted by molar-refractivity contribution is -0.157. The molecule has 3 fully saturated rings. The summed E-state index contributed by atoms with van der Waals surface area (Å²) < 4.78 is 5.24. The van der Waals surface area contributed by atoms with Crippen molar-refractivity contribution in [3.8, 4) is 0 Å². The highest BCUT2D eigenvalue weighted by Gasteiger charge is 2.50. The van der Waals surface area contributed by atoms with Crippen LogP contribution in [0.5, 0.6) is 0 Å². The van der Waals surface area contributed by atoms with Crippen molar-refractivity contribution in [3.63, 3.8) is 0 Å². The number of carboxylic acids is 1. The standard InChI is InChI=1S/C11H17NO3/c13-11(14)10-6-12(3-4-15-10)9-2-1-7-5-8(7)9/h7-10H,1-6H2,(H,13,14). The fourth-order valence-corrected chi connectivity index (χ4v) is 3.25. The molecule has 2 aliphatic carbocycles. The Labute approximate surface area is 89.2 Å². The number of ether oxygens (including phenoxy) is 1. The van der Waals surface area contributed by atoms with Crippen LogP contribution < -0.4 is 0 Å². The minimum Gasteiger partial charge on any atom is -0.479 e. The van der Waals surface area contributed by atoms with Gasteiger partial charge in [-0.3, -0.25) is 4.90 Å². The molecule has 84 valence electrons. The summed E-state index contributed by atoms with van der Waals surface area (Å²) >= 11 is 0. The molecule has 1 saturated heterocycles. The lowest BCUT2D eigenvalue weighted by Gasteiger charge is -2.36. The maximum atomic E-state index is 10.9. The van der Waals surface area contributed by atoms with Crippen LogP contribution in [0.2, 0.25) is 0 Å². The lowest BCUT2D eigenvalue weighted by Crippen LogP contribution is -2.50. The molecule has 0 radical (unpaired) electrons. The van der Waals surface area contributed by atoms with Gasteiger partial charge >= 0.3 is 5.97 Å². The van der Waals surface area contributed by atoms with E-state index in [-0.39, 0.29) is 0 Å². The fraction of sp³-hybridized carbons (Fsp3) is 0.909. The Morgan fingerprint density at radius 2 is 2.27 bits per heavy atom. The number of morpholine rings is 1. The van der Waals surface area contributed by atoms with Crippen molar-refractivity contribution in [2.45, 2.75) is 31.4 Å². The number of carboxylic acid groups (broad SMARTS) is 1. The number of fused-ring (bicyclic) bond motifs is 1. The molecule has 3 aliphatic rings. The predicted molar refractivity (Wildman–Crippen MR) is 53.6 cm³/mol. The average molecular weight is 211 g/mol. The third-order valence-corrected chi connectivity index (χ3v) is 4.15. The molecule has 4 heteroatoms. The molecule has 0 spiro atoms. The zero-order valence-corrected chi connectivity index (χ0v) is 8.76. The first-order valence-corrected chi connectivity index (χ1v) is 5.84. The van der Waals surface area contributed by atoms with Crippen LogP contribution in [-0.4, -0.2) is 47.8 Å². The maximum absolute atomic E-state index is 10.9. The molecular formula is C11H17NO3. The van der Waals surface area contributed by atoms with Crippen LogP contribution in [0.15, 0.2) is 0 Å². The first-order valence-electron chi connectivity index (χ1n) is 5.84. The molecular weight excluding hydrogens is 194 g/mol. The van der Waals surface area contributed by atoms with E-state index >= 15 is 0 Å². The summed E-state index contributed by atoms with van der Waals surface area (Å²) in [5.41, 5.74) is 0. The van der Waals surface area contributed by atoms with Gasteiger partial charge in [0.25, 0.3) is 0 Å². The van der Waals surface area contributed by atoms with Crippen molar-refractivity contribution in [1.29, 1.82) is 0 Å². The fourth-order valence-electron chi connectivity index (χ4n) is 3.25. The molecule has 0 aromatic carbocycles. The molecule has 1 N–H and O–H groups in total. The van der Waals surface area contributed by atoms with Crippen molar-refractivity contribution in [2.24, 2.45) is 11.8 Å². The maximum Gasteiger partial charge on any atom is 0.334 e. The van der Waals surface area contributed by atoms with Crippen LogP contribution in [0.4, 0.5) is 0 Å². The molecule has 0 amide bonds. The highest BCUT2D eigenvalue weighted by Crippen LogP contribution is 2.53. The Morgan fingerprint density at radius 3 is 2.87 bits per heavy atom. The van der Waals surface area contributed by atoms with E-state index in [9.17, 15) is 4.79 Å². The summed E-state index contributed by atoms with van der Waals surface area (Å²) in [6, 6.07) is 0.653. The second-order valence-electron chi connectivity index (χ2n) is 5.00. The van der Waals surface area contributed by atoms with E-state index in [1.165, 1.54) is 19.3 Å². The molecule has 0 aromatic rings. The molecule has 0 aromatic heterocycles. The van der Waals surface area contributed by atoms with Gasteiger partial charge in [0.05, 0.1) is 6.61 Å². The first kappa shape index (κ1) is 9.60. The SMILES string of the molecule is O=C(O)C1CN(C2CCC3CC32)CCO1. The van der Waals surface area contributed by atoms with E-state index < -0.39 is 12.1 Å². The van der Waals surface area contributed by atoms with Crippen molar-refractivity contribution in [2.75, 3.05) is 19.7 Å². The van der Waals surface area contributed by atoms with Crippen molar-refractivity contribution >= 4 is 5.97 Å². The summed E-state index contributed by atoms with van der Waals surface area (Å²) in [6.45, 7) is 2.08. The van der Waals surface area contributed by atoms with Crippen molar-refractivity contribution < 1.29 is 14.6 Å². The summed E-state index contributed by atoms with van der Waals surface area (Å²) in [6.07, 6.45) is 3.39. The highest BCUT2D eigenvalue weighted by molar-refractivity contribution is 5.72. The van der Waals surface area contributed by atoms with Crippen LogP contribution in [-0.2, 0) is 9.53 Å². The van der Waals surface area contributed by atoms with E-state index in [2.05, 4.69) is 4.90 Å². The van der Waals surface area contributed by atoms with Gasteiger partial charge in [-0.05, 0) is 31.1 Å². The first-order chi connectivity index (χ1) is 7.25. The molecule has 15 heavy (non-hydrogen) atoms. The summed E-state index contributed by atoms with van der Waals surface area (Å²) in [4.78, 5) is 13.2. The van der Waals surface area contributed by atoms with Gasteiger partial charge in [0, 0.05) is 19.1 Å². The van der Waals surface area contributed by atoms with Gasteiger partial charge in [-0.25, -0.2) is 4.79 Å². The summed E-state index contributed by atoms with van der Waals surface area (Å²) in [7, 11) is 0. The Morgan fingerprint density at radius 1 is 1.40 bits per heavy atom. The van der Waals surface area contributed by atoms with E-state index in [1.807, 2.05) is 0 Å². The monoisotopic (exact) mass is 211 g/mol. The molecule has 4 unspecified atom stereocenters. The van der Waals surface area contributed by atoms with Crippen molar-refractivity contribution in [3.05, 3.63) is 0 Å². The van der Waals surface area contributed by atoms with E-state index in [4.69, 9.17) is 9.84 Å². The molecule has 1 heterocycles. The minimum absolute atomic E-state index is 0.574. The molecule has 4 nitrogen and oxygen atoms in total. The van der Waals surface area contributed by atoms with Crippen LogP contribution in [0.1, 0.15) is 19.3 Å². The van der Waals surface area contributed by atoms with E-state index in [1.54, 1.807) is 0 Å². The van der Waals surface area contributed by atoms with Crippen LogP contribution in [0.3, 0.4) is 0 Å². The smallest absolute Gasteiger partial charge is 0.334 e. The number of carbonyl (C=O) groups is 1. The van der Waals surface area contributed by atoms with Crippen LogP contribution in [0.25, 0.3) is 0 Å². The zero-order valence-electron chi connectivity index (χ0n) is 8.76. The average Bonchev–Trinajstić information content (AvgIpc) is 2.90. The second-order valence-corrected chi connectivity index (χ2v) is 5.00. The number of hydrogen-bond acceptors (Lipinski definition) is 3. The molecule has 4 atom stereocenters. The van der Waals surface area contributed by atoms with Gasteiger partial charge < -0.3 is 9.84 Å². The van der Waals surface area contributed by atoms with Crippen LogP contribution >= 0.6 is 0 Å². The number of rotatable bonds is 2. The largest absolute Gasteiger partial charge is 0.479 e. The van der Waals surface area contributed by atoms with Gasteiger partial charge in [0.1, 0.15) is 0 Å². The van der Waals surface area contributed by atoms with Gasteiger partial charge in [-0.2, -0.15) is 0 Å². The Balaban J connectivity index is 1.63. The van der Waals surface area contributed by atoms with E-state index in [0.717, 1.165) is 18.4 Å². The molecule has 3 rings (SSSR count). The normalized spacial score (nSPS) is 45.1. The van der Waals surface area contributed by atoms with Gasteiger partial charge in [0.2, 0.25) is 0 Å². The van der Waals surface area contributed by atoms with Crippen molar-refractivity contribution in [1.82, 2.24) is 4.90 Å². The highest BCUT2D eigenvalue weighted by atomic mass is 16.5. The topological polar surface area (TPSA) is 49.8 Å². The second kappa shape index (κ2) is 3.46. The van der Waals surface area contributed by atoms with Crippen LogP contribution in [0, 0.1) is 11.8 Å². The lowest BCUT2D eigenvalue weighted by atomic mass is 10.1.